The van der Waals surface area contributed by atoms with Crippen molar-refractivity contribution in [3.05, 3.63) is 61.7 Å². The Morgan fingerprint density at radius 2 is 2.14 bits per heavy atom. The molecule has 0 radical (unpaired) electrons. The van der Waals surface area contributed by atoms with Crippen LogP contribution in [0.15, 0.2) is 45.7 Å². The van der Waals surface area contributed by atoms with Crippen LogP contribution >= 0.6 is 23.1 Å². The number of nitro groups is 1. The van der Waals surface area contributed by atoms with Crippen molar-refractivity contribution in [2.75, 3.05) is 0 Å². The Labute approximate surface area is 133 Å². The first kappa shape index (κ1) is 14.7. The SMILES string of the molecule is Cn1c(SCc2ccccc2[N+](=O)[O-])nc2sccc2c1=O. The van der Waals surface area contributed by atoms with Crippen LogP contribution in [0.2, 0.25) is 0 Å². The lowest BCUT2D eigenvalue weighted by Gasteiger charge is -2.07. The van der Waals surface area contributed by atoms with E-state index in [1.165, 1.54) is 33.7 Å². The fraction of sp³-hybridized carbons (Fsp3) is 0.143. The van der Waals surface area contributed by atoms with Gasteiger partial charge in [-0.25, -0.2) is 4.98 Å². The summed E-state index contributed by atoms with van der Waals surface area (Å²) in [4.78, 5) is 28.0. The number of nitrogens with zero attached hydrogens (tertiary/aromatic N) is 3. The fourth-order valence-electron chi connectivity index (χ4n) is 2.06. The Balaban J connectivity index is 1.93. The number of thioether (sulfide) groups is 1. The van der Waals surface area contributed by atoms with Crippen LogP contribution in [0, 0.1) is 10.1 Å². The Morgan fingerprint density at radius 1 is 1.36 bits per heavy atom. The molecule has 0 aliphatic heterocycles. The number of hydrogen-bond donors (Lipinski definition) is 0. The zero-order valence-electron chi connectivity index (χ0n) is 11.6. The predicted octanol–water partition coefficient (Wildman–Crippen LogP) is 3.20. The highest BCUT2D eigenvalue weighted by Crippen LogP contribution is 2.27. The average molecular weight is 333 g/mol. The van der Waals surface area contributed by atoms with Crippen molar-refractivity contribution in [2.24, 2.45) is 7.05 Å². The summed E-state index contributed by atoms with van der Waals surface area (Å²) in [5.74, 6) is 0.383. The van der Waals surface area contributed by atoms with Crippen molar-refractivity contribution < 1.29 is 4.92 Å². The second kappa shape index (κ2) is 5.90. The van der Waals surface area contributed by atoms with Crippen LogP contribution < -0.4 is 5.56 Å². The van der Waals surface area contributed by atoms with Crippen LogP contribution in [-0.2, 0) is 12.8 Å². The molecule has 0 fully saturated rings. The van der Waals surface area contributed by atoms with Gasteiger partial charge in [-0.1, -0.05) is 30.0 Å². The summed E-state index contributed by atoms with van der Waals surface area (Å²) in [6.45, 7) is 0. The van der Waals surface area contributed by atoms with Gasteiger partial charge in [0.05, 0.1) is 10.3 Å². The first-order valence-electron chi connectivity index (χ1n) is 6.37. The van der Waals surface area contributed by atoms with Crippen molar-refractivity contribution in [3.63, 3.8) is 0 Å². The van der Waals surface area contributed by atoms with Gasteiger partial charge in [-0.2, -0.15) is 0 Å². The highest BCUT2D eigenvalue weighted by Gasteiger charge is 2.15. The molecule has 0 aliphatic rings. The van der Waals surface area contributed by atoms with Crippen LogP contribution in [0.1, 0.15) is 5.56 Å². The van der Waals surface area contributed by atoms with Gasteiger partial charge in [0.2, 0.25) is 0 Å². The summed E-state index contributed by atoms with van der Waals surface area (Å²) >= 11 is 2.73. The van der Waals surface area contributed by atoms with Crippen LogP contribution in [0.25, 0.3) is 10.2 Å². The van der Waals surface area contributed by atoms with Crippen molar-refractivity contribution in [2.45, 2.75) is 10.9 Å². The molecule has 0 unspecified atom stereocenters. The molecule has 3 aromatic rings. The summed E-state index contributed by atoms with van der Waals surface area (Å²) in [7, 11) is 1.66. The van der Waals surface area contributed by atoms with Crippen LogP contribution in [0.4, 0.5) is 5.69 Å². The van der Waals surface area contributed by atoms with Crippen molar-refractivity contribution >= 4 is 39.0 Å². The molecule has 3 rings (SSSR count). The van der Waals surface area contributed by atoms with E-state index in [1.807, 2.05) is 5.38 Å². The molecular formula is C14H11N3O3S2. The quantitative estimate of drug-likeness (QED) is 0.317. The minimum Gasteiger partial charge on any atom is -0.290 e. The minimum atomic E-state index is -0.398. The summed E-state index contributed by atoms with van der Waals surface area (Å²) in [5, 5.41) is 14.0. The normalized spacial score (nSPS) is 11.0. The Bertz CT molecular complexity index is 917. The lowest BCUT2D eigenvalue weighted by molar-refractivity contribution is -0.385. The van der Waals surface area contributed by atoms with Gasteiger partial charge >= 0.3 is 0 Å². The third-order valence-electron chi connectivity index (χ3n) is 3.21. The first-order chi connectivity index (χ1) is 10.6. The van der Waals surface area contributed by atoms with Crippen molar-refractivity contribution in [1.29, 1.82) is 0 Å². The number of fused-ring (bicyclic) bond motifs is 1. The molecule has 0 aliphatic carbocycles. The van der Waals surface area contributed by atoms with E-state index in [2.05, 4.69) is 4.98 Å². The van der Waals surface area contributed by atoms with E-state index in [9.17, 15) is 14.9 Å². The Morgan fingerprint density at radius 3 is 2.91 bits per heavy atom. The maximum absolute atomic E-state index is 12.2. The van der Waals surface area contributed by atoms with Gasteiger partial charge in [0.25, 0.3) is 11.2 Å². The number of benzene rings is 1. The highest BCUT2D eigenvalue weighted by atomic mass is 32.2. The lowest BCUT2D eigenvalue weighted by atomic mass is 10.2. The molecule has 0 bridgehead atoms. The third-order valence-corrected chi connectivity index (χ3v) is 5.09. The standard InChI is InChI=1S/C14H11N3O3S2/c1-16-13(18)10-6-7-21-12(10)15-14(16)22-8-9-4-2-3-5-11(9)17(19)20/h2-7H,8H2,1H3. The van der Waals surface area contributed by atoms with E-state index in [-0.39, 0.29) is 11.2 Å². The molecule has 0 saturated heterocycles. The predicted molar refractivity (Wildman–Crippen MR) is 87.5 cm³/mol. The second-order valence-corrected chi connectivity index (χ2v) is 6.41. The zero-order valence-corrected chi connectivity index (χ0v) is 13.2. The molecule has 2 aromatic heterocycles. The molecule has 0 saturated carbocycles. The molecule has 0 amide bonds. The second-order valence-electron chi connectivity index (χ2n) is 4.57. The molecule has 112 valence electrons. The van der Waals surface area contributed by atoms with Gasteiger partial charge in [-0.15, -0.1) is 11.3 Å². The van der Waals surface area contributed by atoms with Crippen LogP contribution in [0.3, 0.4) is 0 Å². The Kier molecular flexibility index (Phi) is 3.95. The van der Waals surface area contributed by atoms with Gasteiger partial charge in [0.15, 0.2) is 5.16 Å². The number of rotatable bonds is 4. The lowest BCUT2D eigenvalue weighted by Crippen LogP contribution is -2.19. The molecule has 1 aromatic carbocycles. The van der Waals surface area contributed by atoms with Gasteiger partial charge < -0.3 is 0 Å². The van der Waals surface area contributed by atoms with E-state index >= 15 is 0 Å². The molecule has 22 heavy (non-hydrogen) atoms. The summed E-state index contributed by atoms with van der Waals surface area (Å²) in [6.07, 6.45) is 0. The van der Waals surface area contributed by atoms with Gasteiger partial charge in [0, 0.05) is 24.4 Å². The topological polar surface area (TPSA) is 78.0 Å². The number of nitro benzene ring substituents is 1. The summed E-state index contributed by atoms with van der Waals surface area (Å²) in [5.41, 5.74) is 0.589. The van der Waals surface area contributed by atoms with E-state index in [0.29, 0.717) is 26.7 Å². The van der Waals surface area contributed by atoms with Gasteiger partial charge in [-0.05, 0) is 11.4 Å². The van der Waals surface area contributed by atoms with Gasteiger partial charge in [0.1, 0.15) is 4.83 Å². The zero-order chi connectivity index (χ0) is 15.7. The summed E-state index contributed by atoms with van der Waals surface area (Å²) in [6, 6.07) is 8.35. The monoisotopic (exact) mass is 333 g/mol. The minimum absolute atomic E-state index is 0.0807. The Hall–Kier alpha value is -2.19. The summed E-state index contributed by atoms with van der Waals surface area (Å²) < 4.78 is 1.48. The average Bonchev–Trinajstić information content (AvgIpc) is 2.98. The smallest absolute Gasteiger partial charge is 0.273 e. The molecule has 0 spiro atoms. The maximum atomic E-state index is 12.2. The number of aromatic nitrogens is 2. The molecular weight excluding hydrogens is 322 g/mol. The van der Waals surface area contributed by atoms with Crippen LogP contribution in [-0.4, -0.2) is 14.5 Å². The van der Waals surface area contributed by atoms with Crippen molar-refractivity contribution in [3.8, 4) is 0 Å². The number of thiophene rings is 1. The first-order valence-corrected chi connectivity index (χ1v) is 8.24. The highest BCUT2D eigenvalue weighted by molar-refractivity contribution is 7.98. The largest absolute Gasteiger partial charge is 0.290 e. The van der Waals surface area contributed by atoms with E-state index in [1.54, 1.807) is 31.3 Å². The van der Waals surface area contributed by atoms with E-state index in [4.69, 9.17) is 0 Å². The molecule has 8 heteroatoms. The van der Waals surface area contributed by atoms with Crippen LogP contribution in [0.5, 0.6) is 0 Å². The maximum Gasteiger partial charge on any atom is 0.273 e. The third kappa shape index (κ3) is 2.62. The molecule has 0 atom stereocenters. The van der Waals surface area contributed by atoms with E-state index in [0.717, 1.165) is 0 Å². The molecule has 0 N–H and O–H groups in total. The molecule has 6 nitrogen and oxygen atoms in total. The van der Waals surface area contributed by atoms with E-state index < -0.39 is 4.92 Å². The van der Waals surface area contributed by atoms with Crippen molar-refractivity contribution in [1.82, 2.24) is 9.55 Å². The fourth-order valence-corrected chi connectivity index (χ4v) is 3.84. The number of hydrogen-bond acceptors (Lipinski definition) is 6. The number of para-hydroxylation sites is 1. The van der Waals surface area contributed by atoms with Gasteiger partial charge in [-0.3, -0.25) is 19.5 Å². The molecule has 2 heterocycles.